The molecule has 1 heterocycles. The van der Waals surface area contributed by atoms with Crippen LogP contribution in [0.25, 0.3) is 0 Å². The van der Waals surface area contributed by atoms with Gasteiger partial charge in [0.2, 0.25) is 0 Å². The van der Waals surface area contributed by atoms with E-state index in [1.54, 1.807) is 24.3 Å². The van der Waals surface area contributed by atoms with Crippen molar-refractivity contribution >= 4 is 15.6 Å². The highest BCUT2D eigenvalue weighted by Gasteiger charge is 2.29. The van der Waals surface area contributed by atoms with Crippen LogP contribution in [0.3, 0.4) is 0 Å². The molecule has 0 saturated carbocycles. The number of carbonyl (C=O) groups excluding carboxylic acids is 1. The number of ketones is 1. The van der Waals surface area contributed by atoms with Crippen LogP contribution in [0.2, 0.25) is 0 Å². The van der Waals surface area contributed by atoms with Crippen molar-refractivity contribution in [3.8, 4) is 11.8 Å². The van der Waals surface area contributed by atoms with Crippen molar-refractivity contribution in [3.05, 3.63) is 65.2 Å². The molecule has 0 N–H and O–H groups in total. The Morgan fingerprint density at radius 1 is 1.19 bits per heavy atom. The van der Waals surface area contributed by atoms with Crippen LogP contribution in [0.4, 0.5) is 0 Å². The second-order valence-electron chi connectivity index (χ2n) is 8.70. The van der Waals surface area contributed by atoms with Gasteiger partial charge in [-0.15, -0.1) is 0 Å². The largest absolute Gasteiger partial charge is 0.493 e. The highest BCUT2D eigenvalue weighted by Crippen LogP contribution is 2.25. The quantitative estimate of drug-likeness (QED) is 0.512. The number of carbonyl (C=O) groups is 1. The summed E-state index contributed by atoms with van der Waals surface area (Å²) in [5.74, 6) is 1.35. The van der Waals surface area contributed by atoms with E-state index in [9.17, 15) is 13.2 Å². The van der Waals surface area contributed by atoms with Gasteiger partial charge in [-0.1, -0.05) is 19.1 Å². The van der Waals surface area contributed by atoms with Gasteiger partial charge in [0.1, 0.15) is 15.6 Å². The normalized spacial score (nSPS) is 18.9. The second kappa shape index (κ2) is 10.8. The number of hydrogen-bond donors (Lipinski definition) is 0. The smallest absolute Gasteiger partial charge is 0.163 e. The lowest BCUT2D eigenvalue weighted by Gasteiger charge is -2.17. The number of nitriles is 1. The SMILES string of the molecule is C[C@@H]1CN(CCc2cccc(C#N)c2)C[C@H]1COc1ccc(C(=O)CCS(C)(=O)=O)cc1. The summed E-state index contributed by atoms with van der Waals surface area (Å²) in [5, 5.41) is 9.05. The monoisotopic (exact) mass is 454 g/mol. The van der Waals surface area contributed by atoms with Gasteiger partial charge >= 0.3 is 0 Å². The first-order chi connectivity index (χ1) is 15.2. The van der Waals surface area contributed by atoms with Crippen LogP contribution in [0.15, 0.2) is 48.5 Å². The average molecular weight is 455 g/mol. The molecule has 0 amide bonds. The third kappa shape index (κ3) is 7.18. The number of ether oxygens (including phenoxy) is 1. The van der Waals surface area contributed by atoms with Crippen molar-refractivity contribution in [1.29, 1.82) is 5.26 Å². The first kappa shape index (κ1) is 24.0. The van der Waals surface area contributed by atoms with Crippen molar-refractivity contribution in [1.82, 2.24) is 4.90 Å². The minimum atomic E-state index is -3.15. The maximum absolute atomic E-state index is 12.1. The van der Waals surface area contributed by atoms with Crippen LogP contribution in [0, 0.1) is 23.2 Å². The first-order valence-corrected chi connectivity index (χ1v) is 12.9. The van der Waals surface area contributed by atoms with Crippen molar-refractivity contribution in [2.75, 3.05) is 38.2 Å². The topological polar surface area (TPSA) is 87.5 Å². The van der Waals surface area contributed by atoms with E-state index in [1.807, 2.05) is 18.2 Å². The zero-order valence-electron chi connectivity index (χ0n) is 18.7. The van der Waals surface area contributed by atoms with Crippen molar-refractivity contribution in [2.24, 2.45) is 11.8 Å². The van der Waals surface area contributed by atoms with Gasteiger partial charge in [-0.05, 0) is 54.3 Å². The summed E-state index contributed by atoms with van der Waals surface area (Å²) in [6.45, 7) is 5.82. The molecule has 0 aliphatic carbocycles. The number of likely N-dealkylation sites (tertiary alicyclic amines) is 1. The van der Waals surface area contributed by atoms with Gasteiger partial charge in [0, 0.05) is 43.8 Å². The minimum Gasteiger partial charge on any atom is -0.493 e. The second-order valence-corrected chi connectivity index (χ2v) is 11.0. The molecule has 7 heteroatoms. The van der Waals surface area contributed by atoms with Crippen LogP contribution in [0.5, 0.6) is 5.75 Å². The number of rotatable bonds is 10. The minimum absolute atomic E-state index is 0.00470. The van der Waals surface area contributed by atoms with E-state index in [2.05, 4.69) is 24.0 Å². The average Bonchev–Trinajstić information content (AvgIpc) is 3.14. The molecule has 32 heavy (non-hydrogen) atoms. The molecule has 170 valence electrons. The van der Waals surface area contributed by atoms with Gasteiger partial charge in [0.25, 0.3) is 0 Å². The summed E-state index contributed by atoms with van der Waals surface area (Å²) < 4.78 is 28.4. The van der Waals surface area contributed by atoms with Crippen molar-refractivity contribution in [2.45, 2.75) is 19.8 Å². The fraction of sp³-hybridized carbons (Fsp3) is 0.440. The Kier molecular flexibility index (Phi) is 8.05. The van der Waals surface area contributed by atoms with Gasteiger partial charge < -0.3 is 9.64 Å². The van der Waals surface area contributed by atoms with Gasteiger partial charge in [0.05, 0.1) is 24.0 Å². The Morgan fingerprint density at radius 2 is 1.94 bits per heavy atom. The predicted molar refractivity (Wildman–Crippen MR) is 125 cm³/mol. The zero-order chi connectivity index (χ0) is 23.1. The standard InChI is InChI=1S/C25H30N2O4S/c1-19-16-27(12-10-20-4-3-5-21(14-20)15-26)17-23(19)18-31-24-8-6-22(7-9-24)25(28)11-13-32(2,29)30/h3-9,14,19,23H,10-13,16-18H2,1-2H3/t19-,23+/m1/s1. The van der Waals surface area contributed by atoms with Gasteiger partial charge in [-0.3, -0.25) is 4.79 Å². The van der Waals surface area contributed by atoms with E-state index in [0.717, 1.165) is 32.3 Å². The lowest BCUT2D eigenvalue weighted by atomic mass is 9.99. The Morgan fingerprint density at radius 3 is 2.62 bits per heavy atom. The predicted octanol–water partition coefficient (Wildman–Crippen LogP) is 3.37. The molecule has 0 radical (unpaired) electrons. The zero-order valence-corrected chi connectivity index (χ0v) is 19.5. The van der Waals surface area contributed by atoms with Crippen molar-refractivity contribution < 1.29 is 17.9 Å². The van der Waals surface area contributed by atoms with E-state index in [0.29, 0.717) is 35.3 Å². The van der Waals surface area contributed by atoms with Crippen LogP contribution < -0.4 is 4.74 Å². The molecule has 1 aliphatic heterocycles. The Labute approximate surface area is 190 Å². The number of hydrogen-bond acceptors (Lipinski definition) is 6. The molecule has 3 rings (SSSR count). The number of benzene rings is 2. The van der Waals surface area contributed by atoms with Crippen LogP contribution in [-0.4, -0.2) is 57.4 Å². The molecule has 0 aromatic heterocycles. The molecule has 2 aromatic rings. The molecular formula is C25H30N2O4S. The fourth-order valence-electron chi connectivity index (χ4n) is 3.99. The molecule has 1 saturated heterocycles. The van der Waals surface area contributed by atoms with Gasteiger partial charge in [-0.2, -0.15) is 5.26 Å². The van der Waals surface area contributed by atoms with E-state index in [1.165, 1.54) is 5.56 Å². The Hall–Kier alpha value is -2.69. The van der Waals surface area contributed by atoms with Crippen molar-refractivity contribution in [3.63, 3.8) is 0 Å². The molecule has 1 fully saturated rings. The number of sulfone groups is 1. The van der Waals surface area contributed by atoms with Crippen LogP contribution >= 0.6 is 0 Å². The molecule has 2 atom stereocenters. The Balaban J connectivity index is 1.45. The Bertz CT molecular complexity index is 1070. The van der Waals surface area contributed by atoms with E-state index in [4.69, 9.17) is 10.00 Å². The lowest BCUT2D eigenvalue weighted by molar-refractivity contribution is 0.0988. The van der Waals surface area contributed by atoms with Gasteiger partial charge in [-0.25, -0.2) is 8.42 Å². The fourth-order valence-corrected chi connectivity index (χ4v) is 4.54. The van der Waals surface area contributed by atoms with E-state index in [-0.39, 0.29) is 18.0 Å². The maximum atomic E-state index is 12.1. The molecule has 0 unspecified atom stereocenters. The van der Waals surface area contributed by atoms with Crippen LogP contribution in [0.1, 0.15) is 34.8 Å². The molecule has 2 aromatic carbocycles. The third-order valence-corrected chi connectivity index (χ3v) is 6.90. The maximum Gasteiger partial charge on any atom is 0.163 e. The molecule has 0 bridgehead atoms. The summed E-state index contributed by atoms with van der Waals surface area (Å²) in [5.41, 5.74) is 2.39. The highest BCUT2D eigenvalue weighted by molar-refractivity contribution is 7.90. The summed E-state index contributed by atoms with van der Waals surface area (Å²) in [6, 6.07) is 16.9. The summed E-state index contributed by atoms with van der Waals surface area (Å²) >= 11 is 0. The molecule has 0 spiro atoms. The summed E-state index contributed by atoms with van der Waals surface area (Å²) in [4.78, 5) is 14.6. The summed E-state index contributed by atoms with van der Waals surface area (Å²) in [7, 11) is -3.15. The lowest BCUT2D eigenvalue weighted by Crippen LogP contribution is -2.24. The van der Waals surface area contributed by atoms with E-state index >= 15 is 0 Å². The molecule has 1 aliphatic rings. The molecule has 6 nitrogen and oxygen atoms in total. The third-order valence-electron chi connectivity index (χ3n) is 5.96. The van der Waals surface area contributed by atoms with Crippen LogP contribution in [-0.2, 0) is 16.3 Å². The number of Topliss-reactive ketones (excluding diaryl/α,β-unsaturated/α-hetero) is 1. The summed E-state index contributed by atoms with van der Waals surface area (Å²) in [6.07, 6.45) is 2.05. The highest BCUT2D eigenvalue weighted by atomic mass is 32.2. The van der Waals surface area contributed by atoms with Gasteiger partial charge in [0.15, 0.2) is 5.78 Å². The number of nitrogens with zero attached hydrogens (tertiary/aromatic N) is 2. The first-order valence-electron chi connectivity index (χ1n) is 10.9. The van der Waals surface area contributed by atoms with E-state index < -0.39 is 9.84 Å². The molecular weight excluding hydrogens is 424 g/mol.